The van der Waals surface area contributed by atoms with Gasteiger partial charge in [-0.2, -0.15) is 0 Å². The molecule has 1 heteroatoms. The van der Waals surface area contributed by atoms with Gasteiger partial charge in [0.25, 0.3) is 0 Å². The maximum Gasteiger partial charge on any atom is 0.0101 e. The molecule has 0 aliphatic heterocycles. The van der Waals surface area contributed by atoms with Crippen LogP contribution in [-0.2, 0) is 0 Å². The first kappa shape index (κ1) is 7.37. The molecule has 0 radical (unpaired) electrons. The smallest absolute Gasteiger partial charge is 0.0101 e. The van der Waals surface area contributed by atoms with E-state index in [4.69, 9.17) is 0 Å². The van der Waals surface area contributed by atoms with Gasteiger partial charge >= 0.3 is 0 Å². The number of rotatable bonds is 2. The monoisotopic (exact) mass is 165 g/mol. The Labute approximate surface area is 74.9 Å². The number of hydrogen-bond acceptors (Lipinski definition) is 1. The average Bonchev–Trinajstić information content (AvgIpc) is 2.67. The van der Waals surface area contributed by atoms with Gasteiger partial charge in [-0.1, -0.05) is 6.92 Å². The molecule has 0 aromatic rings. The van der Waals surface area contributed by atoms with Crippen molar-refractivity contribution in [3.63, 3.8) is 0 Å². The Bertz CT molecular complexity index is 183. The summed E-state index contributed by atoms with van der Waals surface area (Å²) in [5.74, 6) is 3.24. The van der Waals surface area contributed by atoms with E-state index in [0.717, 1.165) is 29.8 Å². The van der Waals surface area contributed by atoms with E-state index in [1.165, 1.54) is 25.7 Å². The molecule has 0 heterocycles. The fourth-order valence-electron chi connectivity index (χ4n) is 3.25. The minimum atomic E-state index is 0.893. The van der Waals surface area contributed by atoms with Gasteiger partial charge in [-0.15, -0.1) is 0 Å². The van der Waals surface area contributed by atoms with Gasteiger partial charge in [0.05, 0.1) is 0 Å². The van der Waals surface area contributed by atoms with Gasteiger partial charge in [-0.05, 0) is 49.9 Å². The van der Waals surface area contributed by atoms with Gasteiger partial charge in [-0.25, -0.2) is 0 Å². The standard InChI is InChI=1S/C11H19N/c1-7-4-9(5-7)12-11-3-2-8-6-10(8)11/h7-12H,2-6H2,1H3. The summed E-state index contributed by atoms with van der Waals surface area (Å²) < 4.78 is 0. The van der Waals surface area contributed by atoms with Gasteiger partial charge in [0.15, 0.2) is 0 Å². The van der Waals surface area contributed by atoms with Gasteiger partial charge in [0, 0.05) is 12.1 Å². The van der Waals surface area contributed by atoms with Crippen molar-refractivity contribution in [2.45, 2.75) is 51.1 Å². The van der Waals surface area contributed by atoms with E-state index in [9.17, 15) is 0 Å². The second kappa shape index (κ2) is 2.47. The third kappa shape index (κ3) is 1.10. The molecule has 3 rings (SSSR count). The highest BCUT2D eigenvalue weighted by Gasteiger charge is 2.48. The lowest BCUT2D eigenvalue weighted by molar-refractivity contribution is 0.216. The topological polar surface area (TPSA) is 12.0 Å². The second-order valence-corrected chi connectivity index (χ2v) is 5.28. The molecule has 0 spiro atoms. The maximum absolute atomic E-state index is 3.84. The average molecular weight is 165 g/mol. The highest BCUT2D eigenvalue weighted by molar-refractivity contribution is 5.03. The van der Waals surface area contributed by atoms with Crippen LogP contribution in [-0.4, -0.2) is 12.1 Å². The van der Waals surface area contributed by atoms with Crippen molar-refractivity contribution in [3.8, 4) is 0 Å². The first-order chi connectivity index (χ1) is 5.83. The molecule has 0 aromatic carbocycles. The van der Waals surface area contributed by atoms with Crippen LogP contribution < -0.4 is 5.32 Å². The van der Waals surface area contributed by atoms with Crippen LogP contribution in [0.1, 0.15) is 39.0 Å². The van der Waals surface area contributed by atoms with Crippen molar-refractivity contribution in [3.05, 3.63) is 0 Å². The quantitative estimate of drug-likeness (QED) is 0.661. The molecule has 0 aromatic heterocycles. The molecular weight excluding hydrogens is 146 g/mol. The van der Waals surface area contributed by atoms with Crippen molar-refractivity contribution in [1.82, 2.24) is 5.32 Å². The zero-order chi connectivity index (χ0) is 8.13. The molecule has 3 aliphatic carbocycles. The Kier molecular flexibility index (Phi) is 1.52. The van der Waals surface area contributed by atoms with E-state index in [2.05, 4.69) is 12.2 Å². The second-order valence-electron chi connectivity index (χ2n) is 5.28. The minimum absolute atomic E-state index is 0.893. The van der Waals surface area contributed by atoms with Crippen LogP contribution in [0, 0.1) is 17.8 Å². The highest BCUT2D eigenvalue weighted by atomic mass is 15.0. The molecule has 3 aliphatic rings. The molecule has 0 amide bonds. The Morgan fingerprint density at radius 3 is 2.42 bits per heavy atom. The zero-order valence-electron chi connectivity index (χ0n) is 7.92. The molecule has 3 fully saturated rings. The first-order valence-corrected chi connectivity index (χ1v) is 5.59. The van der Waals surface area contributed by atoms with E-state index < -0.39 is 0 Å². The van der Waals surface area contributed by atoms with Crippen LogP contribution in [0.3, 0.4) is 0 Å². The van der Waals surface area contributed by atoms with Crippen LogP contribution in [0.2, 0.25) is 0 Å². The summed E-state index contributed by atoms with van der Waals surface area (Å²) in [7, 11) is 0. The van der Waals surface area contributed by atoms with Crippen LogP contribution in [0.15, 0.2) is 0 Å². The van der Waals surface area contributed by atoms with Crippen LogP contribution in [0.4, 0.5) is 0 Å². The number of hydrogen-bond donors (Lipinski definition) is 1. The molecule has 12 heavy (non-hydrogen) atoms. The fourth-order valence-corrected chi connectivity index (χ4v) is 3.25. The SMILES string of the molecule is CC1CC(NC2CCC3CC32)C1. The predicted octanol–water partition coefficient (Wildman–Crippen LogP) is 2.17. The lowest BCUT2D eigenvalue weighted by atomic mass is 9.81. The molecule has 68 valence electrons. The molecule has 1 N–H and O–H groups in total. The van der Waals surface area contributed by atoms with Crippen molar-refractivity contribution < 1.29 is 0 Å². The summed E-state index contributed by atoms with van der Waals surface area (Å²) in [6.45, 7) is 2.37. The van der Waals surface area contributed by atoms with Crippen molar-refractivity contribution in [2.24, 2.45) is 17.8 Å². The lowest BCUT2D eigenvalue weighted by Gasteiger charge is -2.36. The fraction of sp³-hybridized carbons (Fsp3) is 1.00. The molecule has 3 saturated carbocycles. The van der Waals surface area contributed by atoms with Crippen molar-refractivity contribution in [1.29, 1.82) is 0 Å². The molecule has 3 unspecified atom stereocenters. The van der Waals surface area contributed by atoms with E-state index in [0.29, 0.717) is 0 Å². The van der Waals surface area contributed by atoms with Gasteiger partial charge in [-0.3, -0.25) is 0 Å². The highest BCUT2D eigenvalue weighted by Crippen LogP contribution is 2.52. The van der Waals surface area contributed by atoms with E-state index in [1.807, 2.05) is 0 Å². The summed E-state index contributed by atoms with van der Waals surface area (Å²) >= 11 is 0. The third-order valence-corrected chi connectivity index (χ3v) is 4.17. The molecule has 0 bridgehead atoms. The Balaban J connectivity index is 1.49. The van der Waals surface area contributed by atoms with Gasteiger partial charge in [0.2, 0.25) is 0 Å². The molecule has 3 atom stereocenters. The normalized spacial score (nSPS) is 56.2. The number of fused-ring (bicyclic) bond motifs is 1. The largest absolute Gasteiger partial charge is 0.311 e. The van der Waals surface area contributed by atoms with Crippen molar-refractivity contribution in [2.75, 3.05) is 0 Å². The van der Waals surface area contributed by atoms with Crippen molar-refractivity contribution >= 4 is 0 Å². The summed E-state index contributed by atoms with van der Waals surface area (Å²) in [5, 5.41) is 3.84. The van der Waals surface area contributed by atoms with Crippen LogP contribution >= 0.6 is 0 Å². The summed E-state index contributed by atoms with van der Waals surface area (Å²) in [6, 6.07) is 1.82. The lowest BCUT2D eigenvalue weighted by Crippen LogP contribution is -2.45. The maximum atomic E-state index is 3.84. The minimum Gasteiger partial charge on any atom is -0.311 e. The zero-order valence-corrected chi connectivity index (χ0v) is 7.92. The molecular formula is C11H19N. The Morgan fingerprint density at radius 2 is 1.92 bits per heavy atom. The number of nitrogens with one attached hydrogen (secondary N) is 1. The predicted molar refractivity (Wildman–Crippen MR) is 49.9 cm³/mol. The van der Waals surface area contributed by atoms with Gasteiger partial charge in [0.1, 0.15) is 0 Å². The summed E-state index contributed by atoms with van der Waals surface area (Å²) in [4.78, 5) is 0. The van der Waals surface area contributed by atoms with E-state index in [1.54, 1.807) is 6.42 Å². The molecule has 0 saturated heterocycles. The summed E-state index contributed by atoms with van der Waals surface area (Å²) in [5.41, 5.74) is 0. The Hall–Kier alpha value is -0.0400. The first-order valence-electron chi connectivity index (χ1n) is 5.59. The van der Waals surface area contributed by atoms with Crippen LogP contribution in [0.25, 0.3) is 0 Å². The summed E-state index contributed by atoms with van der Waals surface area (Å²) in [6.07, 6.45) is 7.41. The Morgan fingerprint density at radius 1 is 1.08 bits per heavy atom. The molecule has 1 nitrogen and oxygen atoms in total. The van der Waals surface area contributed by atoms with Gasteiger partial charge < -0.3 is 5.32 Å². The van der Waals surface area contributed by atoms with E-state index in [-0.39, 0.29) is 0 Å². The van der Waals surface area contributed by atoms with E-state index >= 15 is 0 Å². The van der Waals surface area contributed by atoms with Crippen LogP contribution in [0.5, 0.6) is 0 Å². The third-order valence-electron chi connectivity index (χ3n) is 4.17.